The number of fused-ring (bicyclic) bond motifs is 2. The Hall–Kier alpha value is -0.810. The van der Waals surface area contributed by atoms with Crippen molar-refractivity contribution >= 4 is 6.09 Å². The lowest BCUT2D eigenvalue weighted by atomic mass is 10.1. The van der Waals surface area contributed by atoms with Gasteiger partial charge in [0.25, 0.3) is 0 Å². The summed E-state index contributed by atoms with van der Waals surface area (Å²) in [5.74, 6) is 0.326. The Balaban J connectivity index is 1.89. The predicted molar refractivity (Wildman–Crippen MR) is 59.1 cm³/mol. The maximum atomic E-state index is 11.6. The second-order valence-corrected chi connectivity index (χ2v) is 5.67. The third-order valence-corrected chi connectivity index (χ3v) is 3.15. The molecule has 1 saturated heterocycles. The highest BCUT2D eigenvalue weighted by molar-refractivity contribution is 5.68. The topological polar surface area (TPSA) is 70.6 Å². The molecule has 16 heavy (non-hydrogen) atoms. The van der Waals surface area contributed by atoms with Crippen molar-refractivity contribution in [2.75, 3.05) is 6.54 Å². The van der Waals surface area contributed by atoms with E-state index in [9.17, 15) is 9.90 Å². The Kier molecular flexibility index (Phi) is 2.84. The van der Waals surface area contributed by atoms with Gasteiger partial charge >= 0.3 is 6.09 Å². The van der Waals surface area contributed by atoms with E-state index in [2.05, 4.69) is 10.6 Å². The molecule has 2 bridgehead atoms. The fourth-order valence-electron chi connectivity index (χ4n) is 2.55. The number of carbonyl (C=O) groups excluding carboxylic acids is 1. The van der Waals surface area contributed by atoms with Crippen LogP contribution in [0, 0.1) is 5.92 Å². The van der Waals surface area contributed by atoms with Crippen molar-refractivity contribution in [3.8, 4) is 0 Å². The van der Waals surface area contributed by atoms with Crippen molar-refractivity contribution in [1.82, 2.24) is 10.6 Å². The largest absolute Gasteiger partial charge is 0.444 e. The molecular formula is C11H20N2O3. The Morgan fingerprint density at radius 3 is 2.62 bits per heavy atom. The van der Waals surface area contributed by atoms with Gasteiger partial charge in [-0.1, -0.05) is 0 Å². The molecule has 1 aliphatic carbocycles. The van der Waals surface area contributed by atoms with Crippen LogP contribution in [-0.4, -0.2) is 41.5 Å². The van der Waals surface area contributed by atoms with E-state index < -0.39 is 11.7 Å². The van der Waals surface area contributed by atoms with Crippen molar-refractivity contribution in [3.05, 3.63) is 0 Å². The van der Waals surface area contributed by atoms with Crippen molar-refractivity contribution in [2.45, 2.75) is 51.0 Å². The van der Waals surface area contributed by atoms with Gasteiger partial charge < -0.3 is 20.5 Å². The van der Waals surface area contributed by atoms with Gasteiger partial charge in [-0.05, 0) is 33.1 Å². The van der Waals surface area contributed by atoms with Gasteiger partial charge in [0.05, 0.1) is 18.2 Å². The number of hydrogen-bond acceptors (Lipinski definition) is 4. The molecule has 92 valence electrons. The number of amides is 1. The summed E-state index contributed by atoms with van der Waals surface area (Å²) in [7, 11) is 0. The molecule has 2 aliphatic rings. The van der Waals surface area contributed by atoms with E-state index in [0.717, 1.165) is 13.0 Å². The molecule has 1 aliphatic heterocycles. The molecule has 0 aromatic rings. The highest BCUT2D eigenvalue weighted by Crippen LogP contribution is 2.31. The molecule has 1 amide bonds. The van der Waals surface area contributed by atoms with E-state index >= 15 is 0 Å². The number of aliphatic hydroxyl groups excluding tert-OH is 1. The van der Waals surface area contributed by atoms with Crippen LogP contribution in [0.25, 0.3) is 0 Å². The minimum Gasteiger partial charge on any atom is -0.444 e. The SMILES string of the molecule is CC(C)(C)OC(=O)N[C@H]1[C@@H]2CN[C@H]1[C@H](O)C2. The lowest BCUT2D eigenvalue weighted by molar-refractivity contribution is 0.0492. The number of rotatable bonds is 1. The van der Waals surface area contributed by atoms with Crippen LogP contribution in [0.1, 0.15) is 27.2 Å². The zero-order valence-corrected chi connectivity index (χ0v) is 9.99. The molecule has 0 aromatic carbocycles. The van der Waals surface area contributed by atoms with E-state index in [-0.39, 0.29) is 18.2 Å². The third kappa shape index (κ3) is 2.30. The average Bonchev–Trinajstić information content (AvgIpc) is 2.57. The summed E-state index contributed by atoms with van der Waals surface area (Å²) in [6.07, 6.45) is 0.0157. The molecule has 2 fully saturated rings. The van der Waals surface area contributed by atoms with E-state index in [1.54, 1.807) is 0 Å². The van der Waals surface area contributed by atoms with Gasteiger partial charge in [0, 0.05) is 6.54 Å². The van der Waals surface area contributed by atoms with Crippen LogP contribution in [0.15, 0.2) is 0 Å². The summed E-state index contributed by atoms with van der Waals surface area (Å²) < 4.78 is 5.20. The van der Waals surface area contributed by atoms with Crippen molar-refractivity contribution in [3.63, 3.8) is 0 Å². The molecule has 1 heterocycles. The molecule has 4 atom stereocenters. The second kappa shape index (κ2) is 3.89. The smallest absolute Gasteiger partial charge is 0.407 e. The fourth-order valence-corrected chi connectivity index (χ4v) is 2.55. The quantitative estimate of drug-likeness (QED) is 0.601. The molecule has 5 heteroatoms. The fraction of sp³-hybridized carbons (Fsp3) is 0.909. The summed E-state index contributed by atoms with van der Waals surface area (Å²) in [5, 5.41) is 15.7. The first-order valence-electron chi connectivity index (χ1n) is 5.78. The van der Waals surface area contributed by atoms with E-state index in [1.807, 2.05) is 20.8 Å². The highest BCUT2D eigenvalue weighted by atomic mass is 16.6. The number of nitrogens with one attached hydrogen (secondary N) is 2. The van der Waals surface area contributed by atoms with Gasteiger partial charge in [-0.2, -0.15) is 0 Å². The molecule has 0 aromatic heterocycles. The number of carbonyl (C=O) groups is 1. The van der Waals surface area contributed by atoms with Crippen LogP contribution in [0.2, 0.25) is 0 Å². The lowest BCUT2D eigenvalue weighted by Gasteiger charge is -2.23. The van der Waals surface area contributed by atoms with Crippen LogP contribution < -0.4 is 10.6 Å². The van der Waals surface area contributed by atoms with Crippen LogP contribution >= 0.6 is 0 Å². The van der Waals surface area contributed by atoms with Crippen LogP contribution in [-0.2, 0) is 4.74 Å². The second-order valence-electron chi connectivity index (χ2n) is 5.67. The number of piperidine rings is 1. The van der Waals surface area contributed by atoms with Gasteiger partial charge in [0.2, 0.25) is 0 Å². The number of hydrogen-bond donors (Lipinski definition) is 3. The average molecular weight is 228 g/mol. The summed E-state index contributed by atoms with van der Waals surface area (Å²) in [4.78, 5) is 11.6. The Morgan fingerprint density at radius 1 is 1.50 bits per heavy atom. The summed E-state index contributed by atoms with van der Waals surface area (Å²) in [6, 6.07) is -0.0117. The number of ether oxygens (including phenoxy) is 1. The van der Waals surface area contributed by atoms with E-state index in [1.165, 1.54) is 0 Å². The number of alkyl carbamates (subject to hydrolysis) is 1. The minimum absolute atomic E-state index is 0.00449. The first-order valence-corrected chi connectivity index (χ1v) is 5.78. The Bertz CT molecular complexity index is 287. The molecule has 0 unspecified atom stereocenters. The van der Waals surface area contributed by atoms with Crippen LogP contribution in [0.5, 0.6) is 0 Å². The third-order valence-electron chi connectivity index (χ3n) is 3.15. The van der Waals surface area contributed by atoms with Crippen molar-refractivity contribution < 1.29 is 14.6 Å². The zero-order chi connectivity index (χ0) is 11.9. The normalized spacial score (nSPS) is 37.5. The summed E-state index contributed by atoms with van der Waals surface area (Å²) in [6.45, 7) is 6.37. The van der Waals surface area contributed by atoms with Gasteiger partial charge in [-0.25, -0.2) is 4.79 Å². The maximum absolute atomic E-state index is 11.6. The van der Waals surface area contributed by atoms with E-state index in [4.69, 9.17) is 4.74 Å². The van der Waals surface area contributed by atoms with Crippen molar-refractivity contribution in [1.29, 1.82) is 0 Å². The van der Waals surface area contributed by atoms with Crippen molar-refractivity contribution in [2.24, 2.45) is 5.92 Å². The zero-order valence-electron chi connectivity index (χ0n) is 9.99. The molecular weight excluding hydrogens is 208 g/mol. The molecule has 0 spiro atoms. The molecule has 1 saturated carbocycles. The Labute approximate surface area is 95.5 Å². The standard InChI is InChI=1S/C11H20N2O3/c1-11(2,3)16-10(15)13-8-6-4-7(14)9(8)12-5-6/h6-9,12,14H,4-5H2,1-3H3,(H,13,15)/t6-,7+,8-,9-/m0/s1. The van der Waals surface area contributed by atoms with Gasteiger partial charge in [0.15, 0.2) is 0 Å². The predicted octanol–water partition coefficient (Wildman–Crippen LogP) is 0.232. The van der Waals surface area contributed by atoms with Crippen LogP contribution in [0.4, 0.5) is 4.79 Å². The van der Waals surface area contributed by atoms with Crippen LogP contribution in [0.3, 0.4) is 0 Å². The monoisotopic (exact) mass is 228 g/mol. The molecule has 2 rings (SSSR count). The van der Waals surface area contributed by atoms with Gasteiger partial charge in [-0.15, -0.1) is 0 Å². The van der Waals surface area contributed by atoms with Gasteiger partial charge in [0.1, 0.15) is 5.60 Å². The highest BCUT2D eigenvalue weighted by Gasteiger charge is 2.48. The molecule has 0 radical (unpaired) electrons. The first-order chi connectivity index (χ1) is 7.37. The maximum Gasteiger partial charge on any atom is 0.407 e. The Morgan fingerprint density at radius 2 is 2.19 bits per heavy atom. The molecule has 3 N–H and O–H groups in total. The number of aliphatic hydroxyl groups is 1. The van der Waals surface area contributed by atoms with E-state index in [0.29, 0.717) is 5.92 Å². The molecule has 5 nitrogen and oxygen atoms in total. The lowest BCUT2D eigenvalue weighted by Crippen LogP contribution is -2.47. The summed E-state index contributed by atoms with van der Waals surface area (Å²) in [5.41, 5.74) is -0.478. The summed E-state index contributed by atoms with van der Waals surface area (Å²) >= 11 is 0. The van der Waals surface area contributed by atoms with Gasteiger partial charge in [-0.3, -0.25) is 0 Å². The first kappa shape index (κ1) is 11.7. The minimum atomic E-state index is -0.478.